The van der Waals surface area contributed by atoms with Gasteiger partial charge in [0, 0.05) is 12.7 Å². The third-order valence-corrected chi connectivity index (χ3v) is 5.67. The summed E-state index contributed by atoms with van der Waals surface area (Å²) in [5, 5.41) is 9.17. The molecule has 0 unspecified atom stereocenters. The number of aryl methyl sites for hydroxylation is 3. The van der Waals surface area contributed by atoms with Crippen molar-refractivity contribution in [3.63, 3.8) is 0 Å². The minimum Gasteiger partial charge on any atom is -0.463 e. The van der Waals surface area contributed by atoms with Gasteiger partial charge in [-0.3, -0.25) is 9.48 Å². The first-order chi connectivity index (χ1) is 14.0. The van der Waals surface area contributed by atoms with Crippen LogP contribution in [0.1, 0.15) is 21.1 Å². The lowest BCUT2D eigenvalue weighted by molar-refractivity contribution is 0.102. The van der Waals surface area contributed by atoms with Gasteiger partial charge in [-0.15, -0.1) is 11.3 Å². The van der Waals surface area contributed by atoms with Crippen molar-refractivity contribution in [2.75, 3.05) is 5.32 Å². The monoisotopic (exact) mass is 403 g/mol. The molecule has 5 rings (SSSR count). The van der Waals surface area contributed by atoms with Crippen LogP contribution in [0, 0.1) is 13.8 Å². The van der Waals surface area contributed by atoms with Gasteiger partial charge in [0.2, 0.25) is 0 Å². The first-order valence-electron chi connectivity index (χ1n) is 9.06. The number of thiazole rings is 1. The second-order valence-corrected chi connectivity index (χ2v) is 8.04. The van der Waals surface area contributed by atoms with Gasteiger partial charge in [0.1, 0.15) is 5.69 Å². The van der Waals surface area contributed by atoms with Gasteiger partial charge >= 0.3 is 0 Å². The van der Waals surface area contributed by atoms with Crippen molar-refractivity contribution in [2.45, 2.75) is 13.8 Å². The summed E-state index contributed by atoms with van der Waals surface area (Å²) in [5.41, 5.74) is 4.13. The lowest BCUT2D eigenvalue weighted by atomic mass is 10.1. The smallest absolute Gasteiger partial charge is 0.256 e. The van der Waals surface area contributed by atoms with Gasteiger partial charge < -0.3 is 9.73 Å². The largest absolute Gasteiger partial charge is 0.463 e. The Balaban J connectivity index is 1.61. The molecule has 0 aliphatic heterocycles. The third-order valence-electron chi connectivity index (χ3n) is 4.74. The van der Waals surface area contributed by atoms with Gasteiger partial charge in [-0.1, -0.05) is 0 Å². The topological polar surface area (TPSA) is 85.8 Å². The minimum absolute atomic E-state index is 0.220. The van der Waals surface area contributed by atoms with Crippen LogP contribution in [0.15, 0.2) is 47.1 Å². The maximum Gasteiger partial charge on any atom is 0.256 e. The summed E-state index contributed by atoms with van der Waals surface area (Å²) >= 11 is 1.60. The molecule has 8 heteroatoms. The zero-order valence-corrected chi connectivity index (χ0v) is 16.9. The molecule has 0 atom stereocenters. The molecule has 0 aliphatic rings. The van der Waals surface area contributed by atoms with Gasteiger partial charge in [0.15, 0.2) is 11.4 Å². The first-order valence-corrected chi connectivity index (χ1v) is 9.88. The average Bonchev–Trinajstić information content (AvgIpc) is 3.40. The second kappa shape index (κ2) is 6.52. The van der Waals surface area contributed by atoms with E-state index in [1.807, 2.05) is 45.2 Å². The molecule has 0 spiro atoms. The average molecular weight is 403 g/mol. The van der Waals surface area contributed by atoms with E-state index in [1.54, 1.807) is 34.4 Å². The van der Waals surface area contributed by atoms with Crippen LogP contribution in [0.4, 0.5) is 5.69 Å². The van der Waals surface area contributed by atoms with E-state index >= 15 is 0 Å². The van der Waals surface area contributed by atoms with Crippen molar-refractivity contribution in [1.29, 1.82) is 0 Å². The Hall–Kier alpha value is -3.52. The molecule has 4 aromatic heterocycles. The number of pyridine rings is 1. The summed E-state index contributed by atoms with van der Waals surface area (Å²) in [6.07, 6.45) is 1.59. The SMILES string of the molecule is Cc1nc2ccc(NC(=O)c3cc(-c4ccco4)nc4c3c(C)nn4C)cc2s1. The number of hydrogen-bond acceptors (Lipinski definition) is 6. The number of rotatable bonds is 3. The molecular formula is C21H17N5O2S. The van der Waals surface area contributed by atoms with Crippen molar-refractivity contribution < 1.29 is 9.21 Å². The van der Waals surface area contributed by atoms with E-state index in [2.05, 4.69) is 20.4 Å². The molecule has 1 amide bonds. The lowest BCUT2D eigenvalue weighted by Gasteiger charge is -2.08. The molecule has 29 heavy (non-hydrogen) atoms. The van der Waals surface area contributed by atoms with Crippen LogP contribution in [0.2, 0.25) is 0 Å². The highest BCUT2D eigenvalue weighted by molar-refractivity contribution is 7.18. The number of benzene rings is 1. The van der Waals surface area contributed by atoms with Gasteiger partial charge in [-0.05, 0) is 50.2 Å². The molecule has 0 aliphatic carbocycles. The zero-order chi connectivity index (χ0) is 20.1. The summed E-state index contributed by atoms with van der Waals surface area (Å²) in [5.74, 6) is 0.378. The molecule has 4 heterocycles. The predicted octanol–water partition coefficient (Wildman–Crippen LogP) is 4.71. The molecule has 1 N–H and O–H groups in total. The Bertz CT molecular complexity index is 1380. The zero-order valence-electron chi connectivity index (χ0n) is 16.1. The van der Waals surface area contributed by atoms with Crippen LogP contribution < -0.4 is 5.32 Å². The number of hydrogen-bond donors (Lipinski definition) is 1. The predicted molar refractivity (Wildman–Crippen MR) is 113 cm³/mol. The number of nitrogens with zero attached hydrogens (tertiary/aromatic N) is 4. The van der Waals surface area contributed by atoms with Crippen molar-refractivity contribution in [1.82, 2.24) is 19.7 Å². The van der Waals surface area contributed by atoms with Gasteiger partial charge in [0.05, 0.1) is 38.1 Å². The molecule has 7 nitrogen and oxygen atoms in total. The van der Waals surface area contributed by atoms with Crippen molar-refractivity contribution in [3.05, 3.63) is 58.9 Å². The molecular weight excluding hydrogens is 386 g/mol. The summed E-state index contributed by atoms with van der Waals surface area (Å²) in [6.45, 7) is 3.84. The van der Waals surface area contributed by atoms with E-state index in [9.17, 15) is 4.79 Å². The highest BCUT2D eigenvalue weighted by Crippen LogP contribution is 2.29. The Kier molecular flexibility index (Phi) is 3.95. The van der Waals surface area contributed by atoms with Crippen LogP contribution in [0.3, 0.4) is 0 Å². The summed E-state index contributed by atoms with van der Waals surface area (Å²) < 4.78 is 8.21. The Morgan fingerprint density at radius 2 is 2.03 bits per heavy atom. The number of amides is 1. The lowest BCUT2D eigenvalue weighted by Crippen LogP contribution is -2.13. The summed E-state index contributed by atoms with van der Waals surface area (Å²) in [7, 11) is 1.82. The molecule has 0 saturated heterocycles. The van der Waals surface area contributed by atoms with Crippen LogP contribution >= 0.6 is 11.3 Å². The van der Waals surface area contributed by atoms with Crippen LogP contribution in [-0.4, -0.2) is 25.7 Å². The highest BCUT2D eigenvalue weighted by atomic mass is 32.1. The summed E-state index contributed by atoms with van der Waals surface area (Å²) in [6, 6.07) is 11.1. The Morgan fingerprint density at radius 3 is 2.83 bits per heavy atom. The fourth-order valence-electron chi connectivity index (χ4n) is 3.49. The van der Waals surface area contributed by atoms with E-state index in [0.29, 0.717) is 22.7 Å². The van der Waals surface area contributed by atoms with Crippen molar-refractivity contribution in [3.8, 4) is 11.5 Å². The Labute approximate surface area is 170 Å². The molecule has 0 radical (unpaired) electrons. The number of nitrogens with one attached hydrogen (secondary N) is 1. The van der Waals surface area contributed by atoms with Gasteiger partial charge in [0.25, 0.3) is 5.91 Å². The fraction of sp³-hybridized carbons (Fsp3) is 0.143. The molecule has 0 saturated carbocycles. The second-order valence-electron chi connectivity index (χ2n) is 6.81. The molecule has 1 aromatic carbocycles. The summed E-state index contributed by atoms with van der Waals surface area (Å²) in [4.78, 5) is 22.3. The van der Waals surface area contributed by atoms with Gasteiger partial charge in [-0.25, -0.2) is 9.97 Å². The van der Waals surface area contributed by atoms with E-state index in [1.165, 1.54) is 0 Å². The number of aromatic nitrogens is 4. The van der Waals surface area contributed by atoms with E-state index in [0.717, 1.165) is 32.0 Å². The van der Waals surface area contributed by atoms with E-state index in [-0.39, 0.29) is 5.91 Å². The number of anilines is 1. The molecule has 5 aromatic rings. The highest BCUT2D eigenvalue weighted by Gasteiger charge is 2.20. The standard InChI is InChI=1S/C21H17N5O2S/c1-11-19-14(10-16(17-5-4-8-28-17)24-20(19)26(3)25-11)21(27)23-13-6-7-15-18(9-13)29-12(2)22-15/h4-10H,1-3H3,(H,23,27). The molecule has 0 fully saturated rings. The van der Waals surface area contributed by atoms with Crippen LogP contribution in [0.25, 0.3) is 32.7 Å². The van der Waals surface area contributed by atoms with Crippen molar-refractivity contribution >= 4 is 44.2 Å². The van der Waals surface area contributed by atoms with Crippen LogP contribution in [-0.2, 0) is 7.05 Å². The molecule has 144 valence electrons. The normalized spacial score (nSPS) is 11.4. The quantitative estimate of drug-likeness (QED) is 0.472. The molecule has 0 bridgehead atoms. The first kappa shape index (κ1) is 17.6. The maximum absolute atomic E-state index is 13.2. The fourth-order valence-corrected chi connectivity index (χ4v) is 4.36. The number of fused-ring (bicyclic) bond motifs is 2. The van der Waals surface area contributed by atoms with Crippen LogP contribution in [0.5, 0.6) is 0 Å². The minimum atomic E-state index is -0.220. The van der Waals surface area contributed by atoms with E-state index in [4.69, 9.17) is 4.42 Å². The number of carbonyl (C=O) groups is 1. The Morgan fingerprint density at radius 1 is 1.17 bits per heavy atom. The van der Waals surface area contributed by atoms with E-state index < -0.39 is 0 Å². The number of carbonyl (C=O) groups excluding carboxylic acids is 1. The number of furan rings is 1. The maximum atomic E-state index is 13.2. The van der Waals surface area contributed by atoms with Crippen molar-refractivity contribution in [2.24, 2.45) is 7.05 Å². The van der Waals surface area contributed by atoms with Gasteiger partial charge in [-0.2, -0.15) is 5.10 Å². The third kappa shape index (κ3) is 2.98.